The van der Waals surface area contributed by atoms with Crippen LogP contribution in [0.2, 0.25) is 0 Å². The molecule has 0 fully saturated rings. The molecule has 1 aromatic heterocycles. The van der Waals surface area contributed by atoms with E-state index in [1.165, 1.54) is 10.7 Å². The topological polar surface area (TPSA) is 79.7 Å². The Morgan fingerprint density at radius 1 is 1.07 bits per heavy atom. The number of aromatic nitrogens is 2. The minimum atomic E-state index is -0.348. The number of carbonyl (C=O) groups is 1. The van der Waals surface area contributed by atoms with Crippen molar-refractivity contribution < 1.29 is 19.0 Å². The van der Waals surface area contributed by atoms with E-state index in [-0.39, 0.29) is 17.9 Å². The van der Waals surface area contributed by atoms with Crippen LogP contribution in [0.1, 0.15) is 16.8 Å². The van der Waals surface area contributed by atoms with Gasteiger partial charge in [0.05, 0.1) is 26.0 Å². The Balaban J connectivity index is 1.60. The summed E-state index contributed by atoms with van der Waals surface area (Å²) in [6.07, 6.45) is 0.786. The van der Waals surface area contributed by atoms with Crippen molar-refractivity contribution in [3.8, 4) is 28.5 Å². The highest BCUT2D eigenvalue weighted by molar-refractivity contribution is 5.96. The van der Waals surface area contributed by atoms with Crippen LogP contribution in [0.15, 0.2) is 59.4 Å². The smallest absolute Gasteiger partial charge is 0.267 e. The van der Waals surface area contributed by atoms with E-state index in [9.17, 15) is 9.59 Å². The molecule has 7 nitrogen and oxygen atoms in total. The monoisotopic (exact) mass is 392 g/mol. The predicted octanol–water partition coefficient (Wildman–Crippen LogP) is 2.96. The molecule has 148 valence electrons. The lowest BCUT2D eigenvalue weighted by Gasteiger charge is -2.10. The van der Waals surface area contributed by atoms with Crippen molar-refractivity contribution in [3.63, 3.8) is 0 Å². The summed E-state index contributed by atoms with van der Waals surface area (Å²) in [5.41, 5.74) is 1.46. The van der Waals surface area contributed by atoms with Gasteiger partial charge in [0.15, 0.2) is 17.3 Å². The Labute approximate surface area is 167 Å². The van der Waals surface area contributed by atoms with Gasteiger partial charge in [-0.25, -0.2) is 4.68 Å². The Morgan fingerprint density at radius 2 is 1.90 bits per heavy atom. The molecule has 2 heterocycles. The summed E-state index contributed by atoms with van der Waals surface area (Å²) in [5.74, 6) is 1.61. The van der Waals surface area contributed by atoms with Crippen LogP contribution in [0.4, 0.5) is 0 Å². The summed E-state index contributed by atoms with van der Waals surface area (Å²) in [6.45, 7) is 0.946. The summed E-state index contributed by atoms with van der Waals surface area (Å²) < 4.78 is 17.6. The largest absolute Gasteiger partial charge is 0.497 e. The summed E-state index contributed by atoms with van der Waals surface area (Å²) in [4.78, 5) is 25.0. The van der Waals surface area contributed by atoms with Crippen LogP contribution < -0.4 is 19.8 Å². The maximum atomic E-state index is 12.8. The average Bonchev–Trinajstić information content (AvgIpc) is 3.00. The molecule has 0 N–H and O–H groups in total. The Kier molecular flexibility index (Phi) is 5.29. The number of hydrogen-bond donors (Lipinski definition) is 0. The number of fused-ring (bicyclic) bond motifs is 1. The minimum Gasteiger partial charge on any atom is -0.497 e. The Morgan fingerprint density at radius 3 is 2.72 bits per heavy atom. The third kappa shape index (κ3) is 4.13. The van der Waals surface area contributed by atoms with Gasteiger partial charge in [-0.3, -0.25) is 9.59 Å². The zero-order valence-corrected chi connectivity index (χ0v) is 16.0. The molecular formula is C22H20N2O5. The number of rotatable bonds is 5. The van der Waals surface area contributed by atoms with Crippen LogP contribution >= 0.6 is 0 Å². The van der Waals surface area contributed by atoms with E-state index in [1.54, 1.807) is 31.4 Å². The normalized spacial score (nSPS) is 12.9. The molecule has 7 heteroatoms. The summed E-state index contributed by atoms with van der Waals surface area (Å²) in [6, 6.07) is 15.4. The number of ether oxygens (including phenoxy) is 3. The van der Waals surface area contributed by atoms with E-state index < -0.39 is 0 Å². The SMILES string of the molecule is COc1cccc(-c2ccc(=O)n(CC(=O)c3ccc4c(c3)OCCCO4)n2)c1. The van der Waals surface area contributed by atoms with E-state index in [0.717, 1.165) is 12.0 Å². The van der Waals surface area contributed by atoms with Gasteiger partial charge in [-0.2, -0.15) is 5.10 Å². The van der Waals surface area contributed by atoms with Crippen LogP contribution in [0.3, 0.4) is 0 Å². The molecule has 0 saturated carbocycles. The average molecular weight is 392 g/mol. The molecule has 0 unspecified atom stereocenters. The fraction of sp³-hybridized carbons (Fsp3) is 0.227. The Bertz CT molecular complexity index is 1110. The van der Waals surface area contributed by atoms with Crippen molar-refractivity contribution in [1.29, 1.82) is 0 Å². The first-order valence-corrected chi connectivity index (χ1v) is 9.29. The van der Waals surface area contributed by atoms with Crippen molar-refractivity contribution in [2.24, 2.45) is 0 Å². The van der Waals surface area contributed by atoms with Gasteiger partial charge in [-0.1, -0.05) is 12.1 Å². The maximum Gasteiger partial charge on any atom is 0.267 e. The molecule has 0 saturated heterocycles. The van der Waals surface area contributed by atoms with Gasteiger partial charge >= 0.3 is 0 Å². The minimum absolute atomic E-state index is 0.170. The summed E-state index contributed by atoms with van der Waals surface area (Å²) in [5, 5.41) is 4.36. The van der Waals surface area contributed by atoms with Gasteiger partial charge in [0.2, 0.25) is 0 Å². The standard InChI is InChI=1S/C22H20N2O5/c1-27-17-5-2-4-15(12-17)18-7-9-22(26)24(23-18)14-19(25)16-6-8-20-21(13-16)29-11-3-10-28-20/h2,4-9,12-13H,3,10-11,14H2,1H3. The highest BCUT2D eigenvalue weighted by Gasteiger charge is 2.16. The fourth-order valence-electron chi connectivity index (χ4n) is 3.06. The Hall–Kier alpha value is -3.61. The molecule has 0 spiro atoms. The van der Waals surface area contributed by atoms with Crippen LogP contribution in [-0.4, -0.2) is 35.9 Å². The predicted molar refractivity (Wildman–Crippen MR) is 107 cm³/mol. The van der Waals surface area contributed by atoms with Crippen LogP contribution in [0.5, 0.6) is 17.2 Å². The van der Waals surface area contributed by atoms with Gasteiger partial charge in [0.25, 0.3) is 5.56 Å². The number of methoxy groups -OCH3 is 1. The van der Waals surface area contributed by atoms with E-state index in [4.69, 9.17) is 14.2 Å². The molecule has 0 bridgehead atoms. The van der Waals surface area contributed by atoms with E-state index in [1.807, 2.05) is 24.3 Å². The number of hydrogen-bond acceptors (Lipinski definition) is 6. The van der Waals surface area contributed by atoms with Crippen molar-refractivity contribution in [1.82, 2.24) is 9.78 Å². The number of carbonyl (C=O) groups excluding carboxylic acids is 1. The number of nitrogens with zero attached hydrogens (tertiary/aromatic N) is 2. The number of benzene rings is 2. The highest BCUT2D eigenvalue weighted by Crippen LogP contribution is 2.30. The third-order valence-electron chi connectivity index (χ3n) is 4.59. The summed E-state index contributed by atoms with van der Waals surface area (Å²) >= 11 is 0. The van der Waals surface area contributed by atoms with Gasteiger partial charge in [-0.15, -0.1) is 0 Å². The molecular weight excluding hydrogens is 372 g/mol. The first-order valence-electron chi connectivity index (χ1n) is 9.29. The van der Waals surface area contributed by atoms with Crippen molar-refractivity contribution in [2.75, 3.05) is 20.3 Å². The molecule has 3 aromatic rings. The van der Waals surface area contributed by atoms with Gasteiger partial charge in [0, 0.05) is 23.6 Å². The lowest BCUT2D eigenvalue weighted by atomic mass is 10.1. The second kappa shape index (κ2) is 8.18. The van der Waals surface area contributed by atoms with Gasteiger partial charge in [0.1, 0.15) is 12.3 Å². The quantitative estimate of drug-likeness (QED) is 0.621. The lowest BCUT2D eigenvalue weighted by molar-refractivity contribution is 0.0965. The van der Waals surface area contributed by atoms with Crippen molar-refractivity contribution in [3.05, 3.63) is 70.5 Å². The zero-order chi connectivity index (χ0) is 20.2. The van der Waals surface area contributed by atoms with Gasteiger partial charge < -0.3 is 14.2 Å². The van der Waals surface area contributed by atoms with Crippen molar-refractivity contribution in [2.45, 2.75) is 13.0 Å². The van der Waals surface area contributed by atoms with E-state index in [0.29, 0.717) is 41.7 Å². The fourth-order valence-corrected chi connectivity index (χ4v) is 3.06. The molecule has 0 amide bonds. The second-order valence-electron chi connectivity index (χ2n) is 6.58. The summed E-state index contributed by atoms with van der Waals surface area (Å²) in [7, 11) is 1.58. The van der Waals surface area contributed by atoms with Crippen LogP contribution in [-0.2, 0) is 6.54 Å². The molecule has 0 radical (unpaired) electrons. The first kappa shape index (κ1) is 18.7. The van der Waals surface area contributed by atoms with E-state index in [2.05, 4.69) is 5.10 Å². The second-order valence-corrected chi connectivity index (χ2v) is 6.58. The third-order valence-corrected chi connectivity index (χ3v) is 4.59. The number of Topliss-reactive ketones (excluding diaryl/α,β-unsaturated/α-hetero) is 1. The zero-order valence-electron chi connectivity index (χ0n) is 16.0. The van der Waals surface area contributed by atoms with E-state index >= 15 is 0 Å². The number of ketones is 1. The van der Waals surface area contributed by atoms with Crippen LogP contribution in [0.25, 0.3) is 11.3 Å². The molecule has 1 aliphatic rings. The molecule has 29 heavy (non-hydrogen) atoms. The molecule has 2 aromatic carbocycles. The van der Waals surface area contributed by atoms with Gasteiger partial charge in [-0.05, 0) is 36.4 Å². The molecule has 0 atom stereocenters. The highest BCUT2D eigenvalue weighted by atomic mass is 16.5. The van der Waals surface area contributed by atoms with Crippen molar-refractivity contribution >= 4 is 5.78 Å². The molecule has 1 aliphatic heterocycles. The molecule has 0 aliphatic carbocycles. The lowest BCUT2D eigenvalue weighted by Crippen LogP contribution is -2.26. The first-order chi connectivity index (χ1) is 14.1. The maximum absolute atomic E-state index is 12.8. The van der Waals surface area contributed by atoms with Crippen LogP contribution in [0, 0.1) is 0 Å². The molecule has 4 rings (SSSR count).